The van der Waals surface area contributed by atoms with Crippen molar-refractivity contribution in [2.45, 2.75) is 0 Å². The SMILES string of the molecule is N#CC(C#N)=CNc1cccc(-c2nc3ccc(Br)cc3[nH]2)c1. The molecular formula is C17H10BrN5. The Bertz CT molecular complexity index is 972. The number of halogens is 1. The van der Waals surface area contributed by atoms with E-state index in [1.165, 1.54) is 6.20 Å². The lowest BCUT2D eigenvalue weighted by molar-refractivity contribution is 1.33. The van der Waals surface area contributed by atoms with Gasteiger partial charge in [-0.15, -0.1) is 0 Å². The fourth-order valence-electron chi connectivity index (χ4n) is 2.12. The first-order valence-electron chi connectivity index (χ1n) is 6.72. The van der Waals surface area contributed by atoms with Gasteiger partial charge in [0.05, 0.1) is 11.0 Å². The van der Waals surface area contributed by atoms with E-state index in [1.54, 1.807) is 12.1 Å². The van der Waals surface area contributed by atoms with Gasteiger partial charge in [-0.2, -0.15) is 10.5 Å². The molecule has 2 aromatic carbocycles. The second-order valence-electron chi connectivity index (χ2n) is 4.75. The predicted octanol–water partition coefficient (Wildman–Crippen LogP) is 4.34. The van der Waals surface area contributed by atoms with Crippen molar-refractivity contribution in [1.29, 1.82) is 10.5 Å². The molecule has 0 radical (unpaired) electrons. The average molecular weight is 364 g/mol. The molecule has 2 N–H and O–H groups in total. The van der Waals surface area contributed by atoms with Gasteiger partial charge >= 0.3 is 0 Å². The standard InChI is InChI=1S/C17H10BrN5/c18-13-4-5-15-16(7-13)23-17(22-15)12-2-1-3-14(6-12)21-10-11(8-19)9-20/h1-7,10,21H,(H,22,23). The summed E-state index contributed by atoms with van der Waals surface area (Å²) in [6, 6.07) is 17.0. The maximum absolute atomic E-state index is 8.74. The van der Waals surface area contributed by atoms with Crippen LogP contribution in [0.4, 0.5) is 5.69 Å². The summed E-state index contributed by atoms with van der Waals surface area (Å²) in [6.07, 6.45) is 1.38. The minimum atomic E-state index is 0.0176. The molecular weight excluding hydrogens is 354 g/mol. The third kappa shape index (κ3) is 3.23. The van der Waals surface area contributed by atoms with Gasteiger partial charge in [0.25, 0.3) is 0 Å². The van der Waals surface area contributed by atoms with E-state index in [-0.39, 0.29) is 5.57 Å². The molecule has 3 rings (SSSR count). The number of nitrogens with zero attached hydrogens (tertiary/aromatic N) is 3. The highest BCUT2D eigenvalue weighted by Gasteiger charge is 2.06. The van der Waals surface area contributed by atoms with E-state index in [2.05, 4.69) is 31.2 Å². The van der Waals surface area contributed by atoms with Crippen molar-refractivity contribution >= 4 is 32.7 Å². The van der Waals surface area contributed by atoms with Gasteiger partial charge in [-0.05, 0) is 30.3 Å². The van der Waals surface area contributed by atoms with Gasteiger partial charge in [-0.3, -0.25) is 0 Å². The number of fused-ring (bicyclic) bond motifs is 1. The number of anilines is 1. The maximum Gasteiger partial charge on any atom is 0.145 e. The molecule has 0 unspecified atom stereocenters. The lowest BCUT2D eigenvalue weighted by atomic mass is 10.2. The number of benzene rings is 2. The Morgan fingerprint density at radius 2 is 2.00 bits per heavy atom. The number of hydrogen-bond acceptors (Lipinski definition) is 4. The first-order valence-corrected chi connectivity index (χ1v) is 7.51. The van der Waals surface area contributed by atoms with Crippen LogP contribution < -0.4 is 5.32 Å². The first kappa shape index (κ1) is 14.8. The van der Waals surface area contributed by atoms with Gasteiger partial charge in [0.15, 0.2) is 0 Å². The number of nitriles is 2. The van der Waals surface area contributed by atoms with Crippen molar-refractivity contribution in [3.63, 3.8) is 0 Å². The summed E-state index contributed by atoms with van der Waals surface area (Å²) in [5.41, 5.74) is 3.53. The molecule has 0 saturated carbocycles. The van der Waals surface area contributed by atoms with Crippen LogP contribution in [0.3, 0.4) is 0 Å². The summed E-state index contributed by atoms with van der Waals surface area (Å²) in [7, 11) is 0. The molecule has 1 heterocycles. The number of rotatable bonds is 3. The summed E-state index contributed by atoms with van der Waals surface area (Å²) in [6.45, 7) is 0. The molecule has 110 valence electrons. The fourth-order valence-corrected chi connectivity index (χ4v) is 2.48. The minimum Gasteiger partial charge on any atom is -0.360 e. The number of H-pyrrole nitrogens is 1. The fraction of sp³-hybridized carbons (Fsp3) is 0. The normalized spacial score (nSPS) is 9.87. The van der Waals surface area contributed by atoms with Crippen molar-refractivity contribution in [2.24, 2.45) is 0 Å². The lowest BCUT2D eigenvalue weighted by Gasteiger charge is -2.03. The maximum atomic E-state index is 8.74. The largest absolute Gasteiger partial charge is 0.360 e. The number of hydrogen-bond donors (Lipinski definition) is 2. The third-order valence-corrected chi connectivity index (χ3v) is 3.70. The van der Waals surface area contributed by atoms with E-state index in [0.717, 1.165) is 32.6 Å². The van der Waals surface area contributed by atoms with Crippen LogP contribution in [0, 0.1) is 22.7 Å². The van der Waals surface area contributed by atoms with Gasteiger partial charge in [0, 0.05) is 21.9 Å². The second kappa shape index (κ2) is 6.35. The first-order chi connectivity index (χ1) is 11.2. The van der Waals surface area contributed by atoms with Crippen LogP contribution in [0.25, 0.3) is 22.4 Å². The second-order valence-corrected chi connectivity index (χ2v) is 5.67. The summed E-state index contributed by atoms with van der Waals surface area (Å²) in [5, 5.41) is 20.4. The zero-order valence-electron chi connectivity index (χ0n) is 11.8. The summed E-state index contributed by atoms with van der Waals surface area (Å²) < 4.78 is 0.987. The Labute approximate surface area is 141 Å². The molecule has 0 atom stereocenters. The number of nitrogens with one attached hydrogen (secondary N) is 2. The highest BCUT2D eigenvalue weighted by Crippen LogP contribution is 2.25. The molecule has 0 aliphatic rings. The lowest BCUT2D eigenvalue weighted by Crippen LogP contribution is -1.90. The molecule has 0 bridgehead atoms. The van der Waals surface area contributed by atoms with Crippen molar-refractivity contribution in [3.05, 3.63) is 58.7 Å². The molecule has 0 aliphatic carbocycles. The van der Waals surface area contributed by atoms with E-state index in [4.69, 9.17) is 10.5 Å². The van der Waals surface area contributed by atoms with Crippen LogP contribution in [0.2, 0.25) is 0 Å². The van der Waals surface area contributed by atoms with Crippen LogP contribution in [-0.2, 0) is 0 Å². The summed E-state index contributed by atoms with van der Waals surface area (Å²) >= 11 is 3.44. The quantitative estimate of drug-likeness (QED) is 0.677. The molecule has 23 heavy (non-hydrogen) atoms. The number of aromatic amines is 1. The smallest absolute Gasteiger partial charge is 0.145 e. The van der Waals surface area contributed by atoms with Crippen LogP contribution in [0.1, 0.15) is 0 Å². The van der Waals surface area contributed by atoms with Crippen LogP contribution >= 0.6 is 15.9 Å². The van der Waals surface area contributed by atoms with Gasteiger partial charge in [-0.25, -0.2) is 4.98 Å². The highest BCUT2D eigenvalue weighted by atomic mass is 79.9. The van der Waals surface area contributed by atoms with Crippen LogP contribution in [-0.4, -0.2) is 9.97 Å². The van der Waals surface area contributed by atoms with Gasteiger partial charge < -0.3 is 10.3 Å². The Kier molecular flexibility index (Phi) is 4.09. The predicted molar refractivity (Wildman–Crippen MR) is 92.2 cm³/mol. The monoisotopic (exact) mass is 363 g/mol. The van der Waals surface area contributed by atoms with Gasteiger partial charge in [0.2, 0.25) is 0 Å². The Morgan fingerprint density at radius 3 is 2.78 bits per heavy atom. The van der Waals surface area contributed by atoms with Crippen molar-refractivity contribution in [2.75, 3.05) is 5.32 Å². The molecule has 0 fully saturated rings. The molecule has 1 aromatic heterocycles. The zero-order valence-corrected chi connectivity index (χ0v) is 13.4. The number of aromatic nitrogens is 2. The summed E-state index contributed by atoms with van der Waals surface area (Å²) in [5.74, 6) is 0.756. The average Bonchev–Trinajstić information content (AvgIpc) is 2.99. The van der Waals surface area contributed by atoms with E-state index in [0.29, 0.717) is 0 Å². The van der Waals surface area contributed by atoms with Crippen LogP contribution in [0.15, 0.2) is 58.7 Å². The minimum absolute atomic E-state index is 0.0176. The molecule has 0 saturated heterocycles. The van der Waals surface area contributed by atoms with Gasteiger partial charge in [-0.1, -0.05) is 28.1 Å². The van der Waals surface area contributed by atoms with Crippen molar-refractivity contribution in [3.8, 4) is 23.5 Å². The molecule has 5 nitrogen and oxygen atoms in total. The van der Waals surface area contributed by atoms with E-state index < -0.39 is 0 Å². The molecule has 6 heteroatoms. The molecule has 3 aromatic rings. The van der Waals surface area contributed by atoms with E-state index in [9.17, 15) is 0 Å². The summed E-state index contributed by atoms with van der Waals surface area (Å²) in [4.78, 5) is 7.85. The Balaban J connectivity index is 1.94. The van der Waals surface area contributed by atoms with Crippen LogP contribution in [0.5, 0.6) is 0 Å². The zero-order chi connectivity index (χ0) is 16.2. The molecule has 0 amide bonds. The number of imidazole rings is 1. The topological polar surface area (TPSA) is 88.3 Å². The molecule has 0 spiro atoms. The van der Waals surface area contributed by atoms with Crippen molar-refractivity contribution in [1.82, 2.24) is 9.97 Å². The molecule has 0 aliphatic heterocycles. The van der Waals surface area contributed by atoms with Gasteiger partial charge in [0.1, 0.15) is 23.5 Å². The number of allylic oxidation sites excluding steroid dienone is 1. The highest BCUT2D eigenvalue weighted by molar-refractivity contribution is 9.10. The van der Waals surface area contributed by atoms with Crippen molar-refractivity contribution < 1.29 is 0 Å². The van der Waals surface area contributed by atoms with E-state index in [1.807, 2.05) is 42.5 Å². The van der Waals surface area contributed by atoms with E-state index >= 15 is 0 Å². The Morgan fingerprint density at radius 1 is 1.17 bits per heavy atom. The third-order valence-electron chi connectivity index (χ3n) is 3.20. The Hall–Kier alpha value is -3.09.